The van der Waals surface area contributed by atoms with Gasteiger partial charge in [-0.15, -0.1) is 0 Å². The zero-order valence-corrected chi connectivity index (χ0v) is 14.9. The highest BCUT2D eigenvalue weighted by atomic mass is 79.9. The number of hydrogen-bond acceptors (Lipinski definition) is 2. The molecule has 25 heavy (non-hydrogen) atoms. The number of H-pyrrole nitrogens is 1. The minimum Gasteiger partial charge on any atom is -0.350 e. The molecular formula is C19H16BrN3O2. The standard InChI is InChI=1S/C19H16BrN3O2/c20-13-4-1-12-9-17(23-16(12)10-13)19(25)22-14-5-2-11(3-6-14)18(24)21-15-7-8-15/h1-6,9-10,15,23H,7-8H2,(H,21,24)(H,22,25). The summed E-state index contributed by atoms with van der Waals surface area (Å²) < 4.78 is 0.953. The summed E-state index contributed by atoms with van der Waals surface area (Å²) in [5, 5.41) is 6.75. The molecule has 0 spiro atoms. The maximum absolute atomic E-state index is 12.4. The third-order valence-electron chi connectivity index (χ3n) is 4.15. The molecular weight excluding hydrogens is 382 g/mol. The van der Waals surface area contributed by atoms with Gasteiger partial charge in [-0.1, -0.05) is 22.0 Å². The van der Waals surface area contributed by atoms with Crippen LogP contribution in [0.4, 0.5) is 5.69 Å². The number of amides is 2. The molecule has 1 aliphatic carbocycles. The van der Waals surface area contributed by atoms with E-state index in [0.29, 0.717) is 23.0 Å². The Labute approximate surface area is 152 Å². The van der Waals surface area contributed by atoms with Crippen molar-refractivity contribution in [2.45, 2.75) is 18.9 Å². The predicted octanol–water partition coefficient (Wildman–Crippen LogP) is 4.07. The Bertz CT molecular complexity index is 958. The highest BCUT2D eigenvalue weighted by Crippen LogP contribution is 2.22. The smallest absolute Gasteiger partial charge is 0.272 e. The molecule has 0 aliphatic heterocycles. The Morgan fingerprint density at radius 1 is 1.00 bits per heavy atom. The molecule has 0 bridgehead atoms. The highest BCUT2D eigenvalue weighted by Gasteiger charge is 2.23. The van der Waals surface area contributed by atoms with E-state index >= 15 is 0 Å². The molecule has 5 nitrogen and oxygen atoms in total. The number of rotatable bonds is 4. The number of halogens is 1. The number of fused-ring (bicyclic) bond motifs is 1. The van der Waals surface area contributed by atoms with Crippen LogP contribution in [0.15, 0.2) is 53.0 Å². The quantitative estimate of drug-likeness (QED) is 0.620. The SMILES string of the molecule is O=C(NC1CC1)c1ccc(NC(=O)c2cc3ccc(Br)cc3[nH]2)cc1. The third kappa shape index (κ3) is 3.58. The van der Waals surface area contributed by atoms with Gasteiger partial charge in [0, 0.05) is 32.7 Å². The van der Waals surface area contributed by atoms with E-state index in [0.717, 1.165) is 28.2 Å². The minimum atomic E-state index is -0.220. The molecule has 1 aliphatic rings. The number of anilines is 1. The van der Waals surface area contributed by atoms with Crippen LogP contribution in [-0.2, 0) is 0 Å². The van der Waals surface area contributed by atoms with Crippen molar-refractivity contribution in [2.24, 2.45) is 0 Å². The Morgan fingerprint density at radius 3 is 2.48 bits per heavy atom. The lowest BCUT2D eigenvalue weighted by molar-refractivity contribution is 0.0950. The fourth-order valence-electron chi connectivity index (χ4n) is 2.62. The number of aromatic nitrogens is 1. The molecule has 6 heteroatoms. The molecule has 4 rings (SSSR count). The number of nitrogens with one attached hydrogen (secondary N) is 3. The summed E-state index contributed by atoms with van der Waals surface area (Å²) in [4.78, 5) is 27.5. The number of carbonyl (C=O) groups is 2. The van der Waals surface area contributed by atoms with Gasteiger partial charge < -0.3 is 15.6 Å². The van der Waals surface area contributed by atoms with E-state index in [4.69, 9.17) is 0 Å². The maximum Gasteiger partial charge on any atom is 0.272 e. The Balaban J connectivity index is 1.46. The molecule has 1 saturated carbocycles. The van der Waals surface area contributed by atoms with E-state index in [9.17, 15) is 9.59 Å². The van der Waals surface area contributed by atoms with Crippen molar-refractivity contribution in [1.29, 1.82) is 0 Å². The predicted molar refractivity (Wildman–Crippen MR) is 101 cm³/mol. The third-order valence-corrected chi connectivity index (χ3v) is 4.64. The van der Waals surface area contributed by atoms with Crippen molar-refractivity contribution in [1.82, 2.24) is 10.3 Å². The first kappa shape index (κ1) is 15.9. The average molecular weight is 398 g/mol. The molecule has 3 aromatic rings. The summed E-state index contributed by atoms with van der Waals surface area (Å²) in [5.74, 6) is -0.288. The van der Waals surface area contributed by atoms with E-state index in [2.05, 4.69) is 31.5 Å². The van der Waals surface area contributed by atoms with Crippen LogP contribution in [0.25, 0.3) is 10.9 Å². The Hall–Kier alpha value is -2.60. The Kier molecular flexibility index (Phi) is 4.05. The van der Waals surface area contributed by atoms with Gasteiger partial charge in [0.25, 0.3) is 11.8 Å². The maximum atomic E-state index is 12.4. The van der Waals surface area contributed by atoms with Crippen LogP contribution in [0.5, 0.6) is 0 Å². The van der Waals surface area contributed by atoms with Crippen molar-refractivity contribution >= 4 is 44.3 Å². The lowest BCUT2D eigenvalue weighted by atomic mass is 10.2. The van der Waals surface area contributed by atoms with Crippen LogP contribution in [0.2, 0.25) is 0 Å². The molecule has 0 atom stereocenters. The monoisotopic (exact) mass is 397 g/mol. The van der Waals surface area contributed by atoms with E-state index in [1.807, 2.05) is 24.3 Å². The largest absolute Gasteiger partial charge is 0.350 e. The normalized spacial score (nSPS) is 13.6. The number of carbonyl (C=O) groups excluding carboxylic acids is 2. The highest BCUT2D eigenvalue weighted by molar-refractivity contribution is 9.10. The molecule has 0 unspecified atom stereocenters. The fraction of sp³-hybridized carbons (Fsp3) is 0.158. The lowest BCUT2D eigenvalue weighted by Gasteiger charge is -2.06. The first-order chi connectivity index (χ1) is 12.1. The summed E-state index contributed by atoms with van der Waals surface area (Å²) >= 11 is 3.42. The average Bonchev–Trinajstić information content (AvgIpc) is 3.31. The molecule has 2 aromatic carbocycles. The summed E-state index contributed by atoms with van der Waals surface area (Å²) in [6.45, 7) is 0. The molecule has 126 valence electrons. The van der Waals surface area contributed by atoms with Crippen LogP contribution < -0.4 is 10.6 Å². The second-order valence-electron chi connectivity index (χ2n) is 6.19. The van der Waals surface area contributed by atoms with Gasteiger partial charge in [-0.2, -0.15) is 0 Å². The van der Waals surface area contributed by atoms with Crippen LogP contribution in [0, 0.1) is 0 Å². The Morgan fingerprint density at radius 2 is 1.76 bits per heavy atom. The number of hydrogen-bond donors (Lipinski definition) is 3. The number of aromatic amines is 1. The second kappa shape index (κ2) is 6.37. The van der Waals surface area contributed by atoms with Crippen molar-refractivity contribution < 1.29 is 9.59 Å². The molecule has 1 aromatic heterocycles. The summed E-state index contributed by atoms with van der Waals surface area (Å²) in [6, 6.07) is 14.9. The summed E-state index contributed by atoms with van der Waals surface area (Å²) in [5.41, 5.74) is 2.63. The molecule has 0 radical (unpaired) electrons. The van der Waals surface area contributed by atoms with Crippen LogP contribution in [-0.4, -0.2) is 22.8 Å². The van der Waals surface area contributed by atoms with Crippen LogP contribution >= 0.6 is 15.9 Å². The minimum absolute atomic E-state index is 0.0680. The van der Waals surface area contributed by atoms with Crippen molar-refractivity contribution in [3.8, 4) is 0 Å². The van der Waals surface area contributed by atoms with E-state index in [-0.39, 0.29) is 11.8 Å². The van der Waals surface area contributed by atoms with Gasteiger partial charge in [-0.05, 0) is 55.3 Å². The van der Waals surface area contributed by atoms with Crippen LogP contribution in [0.1, 0.15) is 33.7 Å². The first-order valence-electron chi connectivity index (χ1n) is 8.09. The molecule has 0 saturated heterocycles. The van der Waals surface area contributed by atoms with Gasteiger partial charge in [0.1, 0.15) is 5.69 Å². The molecule has 3 N–H and O–H groups in total. The van der Waals surface area contributed by atoms with Gasteiger partial charge in [0.2, 0.25) is 0 Å². The lowest BCUT2D eigenvalue weighted by Crippen LogP contribution is -2.25. The molecule has 2 amide bonds. The topological polar surface area (TPSA) is 74.0 Å². The van der Waals surface area contributed by atoms with Gasteiger partial charge in [-0.25, -0.2) is 0 Å². The molecule has 1 fully saturated rings. The summed E-state index contributed by atoms with van der Waals surface area (Å²) in [6.07, 6.45) is 2.11. The van der Waals surface area contributed by atoms with Crippen molar-refractivity contribution in [3.63, 3.8) is 0 Å². The fourth-order valence-corrected chi connectivity index (χ4v) is 2.98. The van der Waals surface area contributed by atoms with Gasteiger partial charge >= 0.3 is 0 Å². The van der Waals surface area contributed by atoms with E-state index in [1.54, 1.807) is 24.3 Å². The summed E-state index contributed by atoms with van der Waals surface area (Å²) in [7, 11) is 0. The van der Waals surface area contributed by atoms with Crippen LogP contribution in [0.3, 0.4) is 0 Å². The van der Waals surface area contributed by atoms with Gasteiger partial charge in [0.15, 0.2) is 0 Å². The van der Waals surface area contributed by atoms with E-state index < -0.39 is 0 Å². The van der Waals surface area contributed by atoms with Gasteiger partial charge in [-0.3, -0.25) is 9.59 Å². The zero-order valence-electron chi connectivity index (χ0n) is 13.3. The molecule has 1 heterocycles. The second-order valence-corrected chi connectivity index (χ2v) is 7.11. The van der Waals surface area contributed by atoms with E-state index in [1.165, 1.54) is 0 Å². The van der Waals surface area contributed by atoms with Crippen molar-refractivity contribution in [2.75, 3.05) is 5.32 Å². The van der Waals surface area contributed by atoms with Gasteiger partial charge in [0.05, 0.1) is 0 Å². The first-order valence-corrected chi connectivity index (χ1v) is 8.88. The van der Waals surface area contributed by atoms with Crippen molar-refractivity contribution in [3.05, 3.63) is 64.3 Å². The number of benzene rings is 2. The zero-order chi connectivity index (χ0) is 17.4.